The minimum Gasteiger partial charge on any atom is -0.466 e. The third kappa shape index (κ3) is 40.9. The van der Waals surface area contributed by atoms with Crippen molar-refractivity contribution in [1.29, 1.82) is 0 Å². The fourth-order valence-corrected chi connectivity index (χ4v) is 10.6. The Kier molecular flexibility index (Phi) is 44.4. The number of esters is 2. The molecular formula is C60H113NO6. The molecule has 0 radical (unpaired) electrons. The number of hydrogen-bond acceptors (Lipinski definition) is 7. The van der Waals surface area contributed by atoms with Crippen LogP contribution in [0.4, 0.5) is 0 Å². The van der Waals surface area contributed by atoms with Gasteiger partial charge in [-0.2, -0.15) is 0 Å². The summed E-state index contributed by atoms with van der Waals surface area (Å²) >= 11 is 0. The molecule has 0 atom stereocenters. The molecule has 0 saturated carbocycles. The predicted octanol–water partition coefficient (Wildman–Crippen LogP) is 18.0. The lowest BCUT2D eigenvalue weighted by Gasteiger charge is -2.31. The quantitative estimate of drug-likeness (QED) is 0.201. The molecule has 7 nitrogen and oxygen atoms in total. The molecule has 0 unspecified atom stereocenters. The molecule has 0 amide bonds. The van der Waals surface area contributed by atoms with Gasteiger partial charge in [-0.15, -0.1) is 0 Å². The molecule has 394 valence electrons. The number of ether oxygens (including phenoxy) is 4. The highest BCUT2D eigenvalue weighted by atomic mass is 16.7. The minimum atomic E-state index is -0.558. The van der Waals surface area contributed by atoms with Crippen LogP contribution in [0.25, 0.3) is 0 Å². The first kappa shape index (κ1) is 61.7. The van der Waals surface area contributed by atoms with E-state index in [-0.39, 0.29) is 0 Å². The van der Waals surface area contributed by atoms with Gasteiger partial charge in [0.2, 0.25) is 0 Å². The summed E-state index contributed by atoms with van der Waals surface area (Å²) in [5.74, 6) is -1.56. The Morgan fingerprint density at radius 2 is 0.642 bits per heavy atom. The molecule has 2 aliphatic rings. The summed E-state index contributed by atoms with van der Waals surface area (Å²) in [4.78, 5) is 26.0. The summed E-state index contributed by atoms with van der Waals surface area (Å²) in [7, 11) is 1.30. The number of rotatable bonds is 5. The van der Waals surface area contributed by atoms with Crippen molar-refractivity contribution in [1.82, 2.24) is 4.90 Å². The van der Waals surface area contributed by atoms with Gasteiger partial charge < -0.3 is 18.9 Å². The molecular weight excluding hydrogens is 831 g/mol. The maximum atomic E-state index is 12.2. The number of hydrogen-bond donors (Lipinski definition) is 0. The van der Waals surface area contributed by atoms with Gasteiger partial charge in [0.15, 0.2) is 5.79 Å². The van der Waals surface area contributed by atoms with Gasteiger partial charge in [0, 0.05) is 38.1 Å². The second-order valence-corrected chi connectivity index (χ2v) is 21.2. The van der Waals surface area contributed by atoms with Crippen molar-refractivity contribution in [2.75, 3.05) is 46.6 Å². The van der Waals surface area contributed by atoms with Crippen molar-refractivity contribution in [3.63, 3.8) is 0 Å². The normalized spacial score (nSPS) is 23.3. The van der Waals surface area contributed by atoms with Gasteiger partial charge in [-0.25, -0.2) is 9.59 Å². The van der Waals surface area contributed by atoms with Crippen LogP contribution in [-0.2, 0) is 28.5 Å². The van der Waals surface area contributed by atoms with E-state index in [4.69, 9.17) is 14.2 Å². The van der Waals surface area contributed by atoms with Crippen molar-refractivity contribution in [3.05, 3.63) is 12.2 Å². The molecule has 0 N–H and O–H groups in total. The van der Waals surface area contributed by atoms with E-state index in [0.717, 1.165) is 50.9 Å². The SMILES string of the molecule is COC(=O)/C=C/C(=O)OCCN1CCCCCCCCCCCCCCCCCCCCCCCCCCCCCCCCCCCCCCCCCCCCCCCCC2(CC1)OCCO2. The fraction of sp³-hybridized carbons (Fsp3) is 0.933. The third-order valence-corrected chi connectivity index (χ3v) is 15.1. The van der Waals surface area contributed by atoms with Gasteiger partial charge in [0.25, 0.3) is 0 Å². The first-order valence-corrected chi connectivity index (χ1v) is 30.1. The van der Waals surface area contributed by atoms with E-state index in [1.807, 2.05) is 0 Å². The number of carbonyl (C=O) groups excluding carboxylic acids is 2. The zero-order valence-electron chi connectivity index (χ0n) is 44.7. The summed E-state index contributed by atoms with van der Waals surface area (Å²) in [6.07, 6.45) is 69.0. The Bertz CT molecular complexity index is 1090. The maximum absolute atomic E-state index is 12.2. The molecule has 67 heavy (non-hydrogen) atoms. The minimum absolute atomic E-state index is 0.291. The van der Waals surface area contributed by atoms with E-state index in [1.54, 1.807) is 0 Å². The molecule has 0 aromatic carbocycles. The molecule has 2 rings (SSSR count). The molecule has 0 aromatic rings. The monoisotopic (exact) mass is 944 g/mol. The van der Waals surface area contributed by atoms with E-state index in [1.165, 1.54) is 290 Å². The van der Waals surface area contributed by atoms with Crippen LogP contribution in [-0.4, -0.2) is 69.2 Å². The van der Waals surface area contributed by atoms with Crippen LogP contribution in [0.1, 0.15) is 308 Å². The third-order valence-electron chi connectivity index (χ3n) is 15.1. The van der Waals surface area contributed by atoms with Gasteiger partial charge in [0.05, 0.1) is 20.3 Å². The fourth-order valence-electron chi connectivity index (χ4n) is 10.6. The number of carbonyl (C=O) groups is 2. The summed E-state index contributed by atoms with van der Waals surface area (Å²) in [5.41, 5.74) is 0. The zero-order chi connectivity index (χ0) is 47.7. The average molecular weight is 945 g/mol. The van der Waals surface area contributed by atoms with Crippen molar-refractivity contribution >= 4 is 11.9 Å². The van der Waals surface area contributed by atoms with Gasteiger partial charge in [0.1, 0.15) is 6.61 Å². The van der Waals surface area contributed by atoms with Crippen molar-refractivity contribution in [2.24, 2.45) is 0 Å². The number of methoxy groups -OCH3 is 1. The lowest BCUT2D eigenvalue weighted by molar-refractivity contribution is -0.170. The first-order valence-electron chi connectivity index (χ1n) is 30.1. The first-order chi connectivity index (χ1) is 33.1. The molecule has 0 aliphatic carbocycles. The Hall–Kier alpha value is -1.44. The lowest BCUT2D eigenvalue weighted by Crippen LogP contribution is -2.38. The van der Waals surface area contributed by atoms with Gasteiger partial charge >= 0.3 is 11.9 Å². The van der Waals surface area contributed by atoms with Crippen LogP contribution in [0.3, 0.4) is 0 Å². The standard InChI is InChI=1S/C60H113NO6/c1-64-58(62)48-49-59(63)65-55-54-61-52-47-45-43-41-39-37-35-33-31-29-27-25-23-21-19-17-15-13-11-9-7-5-3-2-4-6-8-10-12-14-16-18-20-22-24-26-28-30-32-34-36-38-40-42-44-46-50-60(51-53-61)66-56-57-67-60/h48-49H,2-47,50-57H2,1H3/b49-48+. The number of nitrogens with zero attached hydrogens (tertiary/aromatic N) is 1. The van der Waals surface area contributed by atoms with Gasteiger partial charge in [-0.3, -0.25) is 4.90 Å². The largest absolute Gasteiger partial charge is 0.466 e. The summed E-state index contributed by atoms with van der Waals surface area (Å²) < 4.78 is 22.7. The molecule has 2 saturated heterocycles. The zero-order valence-corrected chi connectivity index (χ0v) is 44.7. The smallest absolute Gasteiger partial charge is 0.331 e. The molecule has 1 spiro atoms. The lowest BCUT2D eigenvalue weighted by atomic mass is 10.0. The van der Waals surface area contributed by atoms with Crippen LogP contribution in [0.2, 0.25) is 0 Å². The summed E-state index contributed by atoms with van der Waals surface area (Å²) in [6.45, 7) is 4.13. The Morgan fingerprint density at radius 3 is 0.940 bits per heavy atom. The van der Waals surface area contributed by atoms with Crippen molar-refractivity contribution < 1.29 is 28.5 Å². The van der Waals surface area contributed by atoms with E-state index in [2.05, 4.69) is 9.64 Å². The van der Waals surface area contributed by atoms with Crippen LogP contribution >= 0.6 is 0 Å². The van der Waals surface area contributed by atoms with Crippen molar-refractivity contribution in [3.8, 4) is 0 Å². The second-order valence-electron chi connectivity index (χ2n) is 21.2. The molecule has 7 heteroatoms. The van der Waals surface area contributed by atoms with E-state index in [0.29, 0.717) is 26.4 Å². The molecule has 2 fully saturated rings. The molecule has 2 aliphatic heterocycles. The maximum Gasteiger partial charge on any atom is 0.331 e. The Labute approximate surface area is 416 Å². The highest BCUT2D eigenvalue weighted by Gasteiger charge is 2.36. The Morgan fingerprint density at radius 1 is 0.373 bits per heavy atom. The van der Waals surface area contributed by atoms with Crippen LogP contribution in [0.15, 0.2) is 12.2 Å². The summed E-state index contributed by atoms with van der Waals surface area (Å²) in [5, 5.41) is 0. The molecule has 0 aromatic heterocycles. The van der Waals surface area contributed by atoms with E-state index >= 15 is 0 Å². The molecule has 0 bridgehead atoms. The predicted molar refractivity (Wildman–Crippen MR) is 285 cm³/mol. The van der Waals surface area contributed by atoms with Crippen LogP contribution < -0.4 is 0 Å². The Balaban J connectivity index is 1.68. The van der Waals surface area contributed by atoms with Gasteiger partial charge in [-0.05, 0) is 19.4 Å². The van der Waals surface area contributed by atoms with Crippen molar-refractivity contribution in [2.45, 2.75) is 314 Å². The van der Waals surface area contributed by atoms with Gasteiger partial charge in [-0.1, -0.05) is 283 Å². The topological polar surface area (TPSA) is 74.3 Å². The van der Waals surface area contributed by atoms with E-state index in [9.17, 15) is 9.59 Å². The van der Waals surface area contributed by atoms with E-state index < -0.39 is 17.7 Å². The summed E-state index contributed by atoms with van der Waals surface area (Å²) in [6, 6.07) is 0. The van der Waals surface area contributed by atoms with Crippen LogP contribution in [0.5, 0.6) is 0 Å². The molecule has 2 heterocycles. The van der Waals surface area contributed by atoms with Crippen LogP contribution in [0, 0.1) is 0 Å². The highest BCUT2D eigenvalue weighted by molar-refractivity contribution is 5.91. The average Bonchev–Trinajstić information content (AvgIpc) is 3.81. The second kappa shape index (κ2) is 48.2. The highest BCUT2D eigenvalue weighted by Crippen LogP contribution is 2.30.